The van der Waals surface area contributed by atoms with Crippen molar-refractivity contribution in [1.29, 1.82) is 0 Å². The van der Waals surface area contributed by atoms with Crippen LogP contribution in [0.4, 0.5) is 5.69 Å². The van der Waals surface area contributed by atoms with Gasteiger partial charge in [-0.05, 0) is 51.8 Å². The first kappa shape index (κ1) is 14.4. The molecule has 0 radical (unpaired) electrons. The van der Waals surface area contributed by atoms with Gasteiger partial charge in [0.2, 0.25) is 0 Å². The summed E-state index contributed by atoms with van der Waals surface area (Å²) in [5, 5.41) is 3.55. The summed E-state index contributed by atoms with van der Waals surface area (Å²) in [6.07, 6.45) is 5.63. The minimum absolute atomic E-state index is 0.628. The van der Waals surface area contributed by atoms with Gasteiger partial charge in [-0.2, -0.15) is 0 Å². The molecule has 2 rings (SSSR count). The van der Waals surface area contributed by atoms with Gasteiger partial charge in [0.15, 0.2) is 0 Å². The van der Waals surface area contributed by atoms with Gasteiger partial charge in [-0.3, -0.25) is 0 Å². The van der Waals surface area contributed by atoms with Crippen molar-refractivity contribution in [2.75, 3.05) is 25.0 Å². The molecule has 1 fully saturated rings. The van der Waals surface area contributed by atoms with Crippen molar-refractivity contribution in [2.24, 2.45) is 5.92 Å². The van der Waals surface area contributed by atoms with Gasteiger partial charge in [-0.1, -0.05) is 30.5 Å². The number of rotatable bonds is 6. The molecular formula is C17H28N2. The van der Waals surface area contributed by atoms with E-state index in [-0.39, 0.29) is 0 Å². The molecule has 1 aromatic carbocycles. The molecule has 2 heteroatoms. The van der Waals surface area contributed by atoms with Gasteiger partial charge < -0.3 is 10.2 Å². The summed E-state index contributed by atoms with van der Waals surface area (Å²) >= 11 is 0. The molecule has 1 unspecified atom stereocenters. The molecule has 1 N–H and O–H groups in total. The van der Waals surface area contributed by atoms with Crippen LogP contribution in [0, 0.1) is 12.8 Å². The highest BCUT2D eigenvalue weighted by Crippen LogP contribution is 2.28. The van der Waals surface area contributed by atoms with Crippen LogP contribution in [-0.4, -0.2) is 26.2 Å². The maximum Gasteiger partial charge on any atom is 0.0366 e. The Morgan fingerprint density at radius 1 is 1.21 bits per heavy atom. The summed E-state index contributed by atoms with van der Waals surface area (Å²) < 4.78 is 0. The number of hydrogen-bond acceptors (Lipinski definition) is 2. The smallest absolute Gasteiger partial charge is 0.0366 e. The van der Waals surface area contributed by atoms with Crippen molar-refractivity contribution in [3.63, 3.8) is 0 Å². The van der Waals surface area contributed by atoms with Crippen LogP contribution in [0.1, 0.15) is 38.2 Å². The summed E-state index contributed by atoms with van der Waals surface area (Å²) in [5.74, 6) is 0.865. The van der Waals surface area contributed by atoms with Crippen LogP contribution in [0.15, 0.2) is 24.3 Å². The summed E-state index contributed by atoms with van der Waals surface area (Å²) in [7, 11) is 2.12. The average Bonchev–Trinajstić information content (AvgIpc) is 2.95. The van der Waals surface area contributed by atoms with E-state index in [0.717, 1.165) is 19.0 Å². The SMILES string of the molecule is CCN(CC(NC)C1CCCC1)c1ccc(C)cc1. The Morgan fingerprint density at radius 3 is 2.37 bits per heavy atom. The lowest BCUT2D eigenvalue weighted by Gasteiger charge is -2.31. The van der Waals surface area contributed by atoms with Crippen molar-refractivity contribution in [3.05, 3.63) is 29.8 Å². The lowest BCUT2D eigenvalue weighted by Crippen LogP contribution is -2.43. The van der Waals surface area contributed by atoms with Crippen molar-refractivity contribution >= 4 is 5.69 Å². The van der Waals surface area contributed by atoms with Gasteiger partial charge in [0, 0.05) is 24.8 Å². The summed E-state index contributed by atoms with van der Waals surface area (Å²) in [6, 6.07) is 9.55. The Morgan fingerprint density at radius 2 is 1.84 bits per heavy atom. The predicted octanol–water partition coefficient (Wildman–Crippen LogP) is 3.60. The fourth-order valence-electron chi connectivity index (χ4n) is 3.25. The summed E-state index contributed by atoms with van der Waals surface area (Å²) in [6.45, 7) is 6.60. The first-order valence-corrected chi connectivity index (χ1v) is 7.73. The van der Waals surface area contributed by atoms with E-state index >= 15 is 0 Å². The van der Waals surface area contributed by atoms with Crippen molar-refractivity contribution in [1.82, 2.24) is 5.32 Å². The number of hydrogen-bond donors (Lipinski definition) is 1. The van der Waals surface area contributed by atoms with Crippen molar-refractivity contribution in [3.8, 4) is 0 Å². The molecule has 0 bridgehead atoms. The first-order chi connectivity index (χ1) is 9.24. The van der Waals surface area contributed by atoms with Crippen molar-refractivity contribution in [2.45, 2.75) is 45.6 Å². The lowest BCUT2D eigenvalue weighted by molar-refractivity contribution is 0.379. The fourth-order valence-corrected chi connectivity index (χ4v) is 3.25. The fraction of sp³-hybridized carbons (Fsp3) is 0.647. The van der Waals surface area contributed by atoms with Crippen LogP contribution in [0.3, 0.4) is 0 Å². The second kappa shape index (κ2) is 6.95. The molecule has 1 aliphatic carbocycles. The van der Waals surface area contributed by atoms with E-state index in [1.54, 1.807) is 0 Å². The minimum Gasteiger partial charge on any atom is -0.370 e. The predicted molar refractivity (Wildman–Crippen MR) is 83.9 cm³/mol. The van der Waals surface area contributed by atoms with E-state index in [4.69, 9.17) is 0 Å². The molecule has 1 saturated carbocycles. The molecule has 19 heavy (non-hydrogen) atoms. The third-order valence-corrected chi connectivity index (χ3v) is 4.54. The Bertz CT molecular complexity index is 365. The number of nitrogens with one attached hydrogen (secondary N) is 1. The van der Waals surface area contributed by atoms with Crippen LogP contribution in [0.5, 0.6) is 0 Å². The Labute approximate surface area is 118 Å². The molecule has 0 aliphatic heterocycles. The summed E-state index contributed by atoms with van der Waals surface area (Å²) in [5.41, 5.74) is 2.69. The van der Waals surface area contributed by atoms with Crippen LogP contribution >= 0.6 is 0 Å². The number of aryl methyl sites for hydroxylation is 1. The average molecular weight is 260 g/mol. The van der Waals surface area contributed by atoms with E-state index in [2.05, 4.69) is 55.4 Å². The third kappa shape index (κ3) is 3.73. The van der Waals surface area contributed by atoms with Gasteiger partial charge in [0.1, 0.15) is 0 Å². The van der Waals surface area contributed by atoms with Crippen LogP contribution in [-0.2, 0) is 0 Å². The zero-order chi connectivity index (χ0) is 13.7. The molecule has 0 saturated heterocycles. The topological polar surface area (TPSA) is 15.3 Å². The highest BCUT2D eigenvalue weighted by atomic mass is 15.1. The van der Waals surface area contributed by atoms with E-state index < -0.39 is 0 Å². The van der Waals surface area contributed by atoms with Crippen LogP contribution in [0.25, 0.3) is 0 Å². The number of anilines is 1. The molecule has 0 amide bonds. The van der Waals surface area contributed by atoms with Crippen molar-refractivity contribution < 1.29 is 0 Å². The van der Waals surface area contributed by atoms with Crippen LogP contribution in [0.2, 0.25) is 0 Å². The maximum atomic E-state index is 3.55. The largest absolute Gasteiger partial charge is 0.370 e. The Kier molecular flexibility index (Phi) is 5.26. The monoisotopic (exact) mass is 260 g/mol. The third-order valence-electron chi connectivity index (χ3n) is 4.54. The molecule has 0 heterocycles. The standard InChI is InChI=1S/C17H28N2/c1-4-19(16-11-9-14(2)10-12-16)13-17(18-3)15-7-5-6-8-15/h9-12,15,17-18H,4-8,13H2,1-3H3. The second-order valence-electron chi connectivity index (χ2n) is 5.81. The molecule has 106 valence electrons. The maximum absolute atomic E-state index is 3.55. The quantitative estimate of drug-likeness (QED) is 0.840. The van der Waals surface area contributed by atoms with Gasteiger partial charge >= 0.3 is 0 Å². The number of nitrogens with zero attached hydrogens (tertiary/aromatic N) is 1. The molecule has 1 atom stereocenters. The first-order valence-electron chi connectivity index (χ1n) is 7.73. The number of benzene rings is 1. The highest BCUT2D eigenvalue weighted by Gasteiger charge is 2.25. The molecule has 0 spiro atoms. The highest BCUT2D eigenvalue weighted by molar-refractivity contribution is 5.47. The van der Waals surface area contributed by atoms with Gasteiger partial charge in [-0.15, -0.1) is 0 Å². The molecule has 0 aromatic heterocycles. The number of likely N-dealkylation sites (N-methyl/N-ethyl adjacent to an activating group) is 2. The Balaban J connectivity index is 2.02. The summed E-state index contributed by atoms with van der Waals surface area (Å²) in [4.78, 5) is 2.50. The van der Waals surface area contributed by atoms with Gasteiger partial charge in [-0.25, -0.2) is 0 Å². The molecule has 1 aliphatic rings. The normalized spacial score (nSPS) is 17.6. The van der Waals surface area contributed by atoms with E-state index in [0.29, 0.717) is 6.04 Å². The molecule has 1 aromatic rings. The zero-order valence-corrected chi connectivity index (χ0v) is 12.7. The van der Waals surface area contributed by atoms with Gasteiger partial charge in [0.25, 0.3) is 0 Å². The van der Waals surface area contributed by atoms with E-state index in [1.807, 2.05) is 0 Å². The zero-order valence-electron chi connectivity index (χ0n) is 12.7. The van der Waals surface area contributed by atoms with Gasteiger partial charge in [0.05, 0.1) is 0 Å². The molecule has 2 nitrogen and oxygen atoms in total. The van der Waals surface area contributed by atoms with E-state index in [9.17, 15) is 0 Å². The minimum atomic E-state index is 0.628. The Hall–Kier alpha value is -1.02. The second-order valence-corrected chi connectivity index (χ2v) is 5.81. The van der Waals surface area contributed by atoms with Crippen LogP contribution < -0.4 is 10.2 Å². The lowest BCUT2D eigenvalue weighted by atomic mass is 9.97. The molecular weight excluding hydrogens is 232 g/mol. The van der Waals surface area contributed by atoms with E-state index in [1.165, 1.54) is 36.9 Å².